The Morgan fingerprint density at radius 2 is 2.28 bits per heavy atom. The zero-order valence-corrected chi connectivity index (χ0v) is 11.2. The summed E-state index contributed by atoms with van der Waals surface area (Å²) in [5.74, 6) is -0.331. The van der Waals surface area contributed by atoms with Gasteiger partial charge in [-0.15, -0.1) is 11.3 Å². The van der Waals surface area contributed by atoms with Crippen LogP contribution < -0.4 is 5.73 Å². The van der Waals surface area contributed by atoms with Crippen LogP contribution in [0, 0.1) is 5.82 Å². The molecule has 1 aromatic carbocycles. The minimum atomic E-state index is -0.331. The minimum absolute atomic E-state index is 0.00545. The van der Waals surface area contributed by atoms with Crippen molar-refractivity contribution in [1.82, 2.24) is 4.98 Å². The van der Waals surface area contributed by atoms with Crippen molar-refractivity contribution in [3.05, 3.63) is 39.6 Å². The van der Waals surface area contributed by atoms with Crippen molar-refractivity contribution in [3.8, 4) is 10.6 Å². The first-order chi connectivity index (χ1) is 8.65. The molecule has 0 radical (unpaired) electrons. The van der Waals surface area contributed by atoms with Crippen molar-refractivity contribution in [1.29, 1.82) is 0 Å². The van der Waals surface area contributed by atoms with Crippen LogP contribution in [0.5, 0.6) is 0 Å². The standard InChI is InChI=1S/C13H12ClFN2S/c14-7-4-5-8(9(15)6-7)13-17-12-10(16)2-1-3-11(12)18-13/h4-6,10H,1-3,16H2. The average Bonchev–Trinajstić information content (AvgIpc) is 2.74. The van der Waals surface area contributed by atoms with Crippen molar-refractivity contribution in [2.24, 2.45) is 5.73 Å². The largest absolute Gasteiger partial charge is 0.323 e. The molecule has 5 heteroatoms. The van der Waals surface area contributed by atoms with Crippen LogP contribution >= 0.6 is 22.9 Å². The summed E-state index contributed by atoms with van der Waals surface area (Å²) in [6, 6.07) is 4.67. The Morgan fingerprint density at radius 1 is 1.44 bits per heavy atom. The normalized spacial score (nSPS) is 18.7. The number of hydrogen-bond donors (Lipinski definition) is 1. The number of nitrogens with two attached hydrogens (primary N) is 1. The molecule has 1 heterocycles. The Bertz CT molecular complexity index is 597. The summed E-state index contributed by atoms with van der Waals surface area (Å²) in [6.45, 7) is 0. The number of halogens is 2. The molecule has 2 N–H and O–H groups in total. The summed E-state index contributed by atoms with van der Waals surface area (Å²) < 4.78 is 13.8. The molecule has 1 unspecified atom stereocenters. The molecule has 18 heavy (non-hydrogen) atoms. The van der Waals surface area contributed by atoms with Crippen LogP contribution in [0.4, 0.5) is 4.39 Å². The number of aromatic nitrogens is 1. The van der Waals surface area contributed by atoms with Crippen LogP contribution in [-0.2, 0) is 6.42 Å². The number of rotatable bonds is 1. The number of aryl methyl sites for hydroxylation is 1. The Hall–Kier alpha value is -0.970. The number of thiazole rings is 1. The maximum Gasteiger partial charge on any atom is 0.134 e. The Balaban J connectivity index is 2.07. The van der Waals surface area contributed by atoms with Gasteiger partial charge in [-0.3, -0.25) is 0 Å². The SMILES string of the molecule is NC1CCCc2sc(-c3ccc(Cl)cc3F)nc21. The van der Waals surface area contributed by atoms with Crippen molar-refractivity contribution >= 4 is 22.9 Å². The number of fused-ring (bicyclic) bond motifs is 1. The second kappa shape index (κ2) is 4.61. The molecule has 0 bridgehead atoms. The summed E-state index contributed by atoms with van der Waals surface area (Å²) in [5.41, 5.74) is 7.48. The molecule has 0 amide bonds. The molecule has 1 aromatic heterocycles. The van der Waals surface area contributed by atoms with Crippen molar-refractivity contribution in [2.45, 2.75) is 25.3 Å². The zero-order valence-electron chi connectivity index (χ0n) is 9.62. The Labute approximate surface area is 114 Å². The highest BCUT2D eigenvalue weighted by molar-refractivity contribution is 7.15. The highest BCUT2D eigenvalue weighted by Gasteiger charge is 2.23. The summed E-state index contributed by atoms with van der Waals surface area (Å²) in [4.78, 5) is 5.70. The molecule has 0 aliphatic heterocycles. The van der Waals surface area contributed by atoms with E-state index in [0.717, 1.165) is 25.0 Å². The van der Waals surface area contributed by atoms with Gasteiger partial charge in [0.25, 0.3) is 0 Å². The molecule has 2 aromatic rings. The molecule has 1 aliphatic rings. The number of nitrogens with zero attached hydrogens (tertiary/aromatic N) is 1. The van der Waals surface area contributed by atoms with E-state index in [1.807, 2.05) is 0 Å². The highest BCUT2D eigenvalue weighted by atomic mass is 35.5. The fourth-order valence-electron chi connectivity index (χ4n) is 2.23. The first-order valence-corrected chi connectivity index (χ1v) is 7.05. The third kappa shape index (κ3) is 2.05. The van der Waals surface area contributed by atoms with E-state index >= 15 is 0 Å². The van der Waals surface area contributed by atoms with Crippen molar-refractivity contribution in [2.75, 3.05) is 0 Å². The predicted octanol–water partition coefficient (Wildman–Crippen LogP) is 3.94. The summed E-state index contributed by atoms with van der Waals surface area (Å²) in [5, 5.41) is 1.10. The molecule has 0 saturated carbocycles. The van der Waals surface area contributed by atoms with Gasteiger partial charge in [0.1, 0.15) is 10.8 Å². The molecular formula is C13H12ClFN2S. The highest BCUT2D eigenvalue weighted by Crippen LogP contribution is 2.37. The van der Waals surface area contributed by atoms with Crippen LogP contribution in [0.25, 0.3) is 10.6 Å². The van der Waals surface area contributed by atoms with E-state index < -0.39 is 0 Å². The van der Waals surface area contributed by atoms with E-state index in [4.69, 9.17) is 17.3 Å². The molecule has 1 aliphatic carbocycles. The smallest absolute Gasteiger partial charge is 0.134 e. The van der Waals surface area contributed by atoms with E-state index in [-0.39, 0.29) is 11.9 Å². The van der Waals surface area contributed by atoms with Crippen LogP contribution in [0.2, 0.25) is 5.02 Å². The molecule has 0 fully saturated rings. The van der Waals surface area contributed by atoms with Gasteiger partial charge in [-0.05, 0) is 37.5 Å². The molecule has 2 nitrogen and oxygen atoms in total. The monoisotopic (exact) mass is 282 g/mol. The maximum absolute atomic E-state index is 13.8. The lowest BCUT2D eigenvalue weighted by Gasteiger charge is -2.15. The average molecular weight is 283 g/mol. The van der Waals surface area contributed by atoms with E-state index in [1.165, 1.54) is 22.3 Å². The molecule has 94 valence electrons. The van der Waals surface area contributed by atoms with Crippen LogP contribution in [-0.4, -0.2) is 4.98 Å². The van der Waals surface area contributed by atoms with Crippen molar-refractivity contribution < 1.29 is 4.39 Å². The molecule has 3 rings (SSSR count). The van der Waals surface area contributed by atoms with Gasteiger partial charge in [-0.1, -0.05) is 11.6 Å². The summed E-state index contributed by atoms with van der Waals surface area (Å²) >= 11 is 7.29. The van der Waals surface area contributed by atoms with Gasteiger partial charge in [0, 0.05) is 21.5 Å². The van der Waals surface area contributed by atoms with E-state index in [1.54, 1.807) is 12.1 Å². The van der Waals surface area contributed by atoms with Crippen LogP contribution in [0.15, 0.2) is 18.2 Å². The lowest BCUT2D eigenvalue weighted by atomic mass is 9.99. The van der Waals surface area contributed by atoms with Gasteiger partial charge in [0.05, 0.1) is 5.69 Å². The predicted molar refractivity (Wildman–Crippen MR) is 72.4 cm³/mol. The second-order valence-electron chi connectivity index (χ2n) is 4.45. The second-order valence-corrected chi connectivity index (χ2v) is 5.97. The molecular weight excluding hydrogens is 271 g/mol. The number of hydrogen-bond acceptors (Lipinski definition) is 3. The van der Waals surface area contributed by atoms with Crippen LogP contribution in [0.3, 0.4) is 0 Å². The van der Waals surface area contributed by atoms with E-state index in [2.05, 4.69) is 4.98 Å². The fourth-order valence-corrected chi connectivity index (χ4v) is 3.59. The van der Waals surface area contributed by atoms with E-state index in [9.17, 15) is 4.39 Å². The molecule has 1 atom stereocenters. The fraction of sp³-hybridized carbons (Fsp3) is 0.308. The van der Waals surface area contributed by atoms with Crippen LogP contribution in [0.1, 0.15) is 29.5 Å². The minimum Gasteiger partial charge on any atom is -0.323 e. The maximum atomic E-state index is 13.8. The topological polar surface area (TPSA) is 38.9 Å². The lowest BCUT2D eigenvalue weighted by molar-refractivity contribution is 0.564. The Kier molecular flexibility index (Phi) is 3.09. The molecule has 0 saturated heterocycles. The number of benzene rings is 1. The zero-order chi connectivity index (χ0) is 12.7. The van der Waals surface area contributed by atoms with Gasteiger partial charge in [0.2, 0.25) is 0 Å². The Morgan fingerprint density at radius 3 is 3.00 bits per heavy atom. The van der Waals surface area contributed by atoms with E-state index in [0.29, 0.717) is 15.6 Å². The van der Waals surface area contributed by atoms with Gasteiger partial charge in [0.15, 0.2) is 0 Å². The first-order valence-electron chi connectivity index (χ1n) is 5.86. The van der Waals surface area contributed by atoms with Gasteiger partial charge >= 0.3 is 0 Å². The first kappa shape index (κ1) is 12.1. The van der Waals surface area contributed by atoms with Gasteiger partial charge < -0.3 is 5.73 Å². The third-order valence-corrected chi connectivity index (χ3v) is 4.56. The van der Waals surface area contributed by atoms with Gasteiger partial charge in [-0.25, -0.2) is 9.37 Å². The lowest BCUT2D eigenvalue weighted by Crippen LogP contribution is -2.16. The summed E-state index contributed by atoms with van der Waals surface area (Å²) in [7, 11) is 0. The van der Waals surface area contributed by atoms with Gasteiger partial charge in [-0.2, -0.15) is 0 Å². The summed E-state index contributed by atoms with van der Waals surface area (Å²) in [6.07, 6.45) is 3.04. The third-order valence-electron chi connectivity index (χ3n) is 3.16. The quantitative estimate of drug-likeness (QED) is 0.860. The van der Waals surface area contributed by atoms with Crippen molar-refractivity contribution in [3.63, 3.8) is 0 Å². The molecule has 0 spiro atoms.